The zero-order valence-electron chi connectivity index (χ0n) is 10.6. The number of anilines is 1. The molecule has 0 saturated carbocycles. The number of aromatic nitrogens is 2. The van der Waals surface area contributed by atoms with Gasteiger partial charge in [-0.3, -0.25) is 0 Å². The Balaban J connectivity index is 2.29. The van der Waals surface area contributed by atoms with Crippen LogP contribution in [-0.4, -0.2) is 9.97 Å². The van der Waals surface area contributed by atoms with Crippen LogP contribution in [0.25, 0.3) is 0 Å². The molecule has 1 aromatic heterocycles. The van der Waals surface area contributed by atoms with Gasteiger partial charge in [-0.25, -0.2) is 4.98 Å². The van der Waals surface area contributed by atoms with Gasteiger partial charge in [-0.15, -0.1) is 0 Å². The summed E-state index contributed by atoms with van der Waals surface area (Å²) in [5.74, 6) is 1.63. The zero-order valence-corrected chi connectivity index (χ0v) is 10.6. The molecule has 0 amide bonds. The average Bonchev–Trinajstić information content (AvgIpc) is 2.38. The lowest BCUT2D eigenvalue weighted by Gasteiger charge is -2.14. The summed E-state index contributed by atoms with van der Waals surface area (Å²) in [4.78, 5) is 8.09. The van der Waals surface area contributed by atoms with Gasteiger partial charge in [0, 0.05) is 6.20 Å². The fourth-order valence-electron chi connectivity index (χ4n) is 1.70. The highest BCUT2D eigenvalue weighted by atomic mass is 16.5. The minimum atomic E-state index is 0.283. The summed E-state index contributed by atoms with van der Waals surface area (Å²) >= 11 is 0. The molecular formula is C14H17N3O. The SMILES string of the molecule is CCC(C)c1ccccc1Oc1nccc(N)n1. The second-order valence-electron chi connectivity index (χ2n) is 4.21. The summed E-state index contributed by atoms with van der Waals surface area (Å²) in [7, 11) is 0. The number of nitrogen functional groups attached to an aromatic ring is 1. The van der Waals surface area contributed by atoms with Gasteiger partial charge in [0.15, 0.2) is 0 Å². The molecule has 94 valence electrons. The Kier molecular flexibility index (Phi) is 3.77. The second-order valence-corrected chi connectivity index (χ2v) is 4.21. The van der Waals surface area contributed by atoms with E-state index in [1.165, 1.54) is 0 Å². The van der Waals surface area contributed by atoms with Gasteiger partial charge in [-0.05, 0) is 30.0 Å². The molecule has 0 saturated heterocycles. The van der Waals surface area contributed by atoms with Gasteiger partial charge in [-0.1, -0.05) is 32.0 Å². The molecule has 1 aromatic carbocycles. The van der Waals surface area contributed by atoms with E-state index in [2.05, 4.69) is 29.9 Å². The van der Waals surface area contributed by atoms with Crippen LogP contribution in [0.1, 0.15) is 31.7 Å². The van der Waals surface area contributed by atoms with E-state index in [0.717, 1.165) is 17.7 Å². The van der Waals surface area contributed by atoms with E-state index < -0.39 is 0 Å². The Bertz CT molecular complexity index is 528. The first-order valence-corrected chi connectivity index (χ1v) is 6.06. The van der Waals surface area contributed by atoms with Crippen LogP contribution in [0, 0.1) is 0 Å². The molecule has 4 nitrogen and oxygen atoms in total. The predicted molar refractivity (Wildman–Crippen MR) is 71.7 cm³/mol. The molecule has 0 radical (unpaired) electrons. The summed E-state index contributed by atoms with van der Waals surface area (Å²) in [6.45, 7) is 4.32. The monoisotopic (exact) mass is 243 g/mol. The average molecular weight is 243 g/mol. The Morgan fingerprint density at radius 2 is 2.06 bits per heavy atom. The second kappa shape index (κ2) is 5.49. The van der Waals surface area contributed by atoms with Gasteiger partial charge < -0.3 is 10.5 Å². The fraction of sp³-hybridized carbons (Fsp3) is 0.286. The smallest absolute Gasteiger partial charge is 0.323 e. The number of ether oxygens (including phenoxy) is 1. The minimum Gasteiger partial charge on any atom is -0.424 e. The molecule has 1 atom stereocenters. The first-order valence-electron chi connectivity index (χ1n) is 6.06. The first kappa shape index (κ1) is 12.4. The van der Waals surface area contributed by atoms with Gasteiger partial charge in [-0.2, -0.15) is 4.98 Å². The summed E-state index contributed by atoms with van der Waals surface area (Å²) < 4.78 is 5.71. The van der Waals surface area contributed by atoms with Crippen LogP contribution < -0.4 is 10.5 Å². The van der Waals surface area contributed by atoms with Gasteiger partial charge in [0.05, 0.1) is 0 Å². The van der Waals surface area contributed by atoms with E-state index in [4.69, 9.17) is 10.5 Å². The summed E-state index contributed by atoms with van der Waals surface area (Å²) in [6, 6.07) is 9.85. The van der Waals surface area contributed by atoms with Crippen LogP contribution >= 0.6 is 0 Å². The Hall–Kier alpha value is -2.10. The number of benzene rings is 1. The van der Waals surface area contributed by atoms with Gasteiger partial charge >= 0.3 is 6.01 Å². The Morgan fingerprint density at radius 3 is 2.78 bits per heavy atom. The highest BCUT2D eigenvalue weighted by Gasteiger charge is 2.11. The normalized spacial score (nSPS) is 12.1. The third-order valence-corrected chi connectivity index (χ3v) is 2.92. The molecule has 2 N–H and O–H groups in total. The lowest BCUT2D eigenvalue weighted by Crippen LogP contribution is -1.99. The number of rotatable bonds is 4. The van der Waals surface area contributed by atoms with Gasteiger partial charge in [0.25, 0.3) is 0 Å². The third kappa shape index (κ3) is 2.77. The van der Waals surface area contributed by atoms with Crippen molar-refractivity contribution in [2.45, 2.75) is 26.2 Å². The molecule has 0 fully saturated rings. The molecule has 0 spiro atoms. The maximum absolute atomic E-state index is 5.71. The molecule has 2 aromatic rings. The number of hydrogen-bond acceptors (Lipinski definition) is 4. The van der Waals surface area contributed by atoms with Crippen LogP contribution in [-0.2, 0) is 0 Å². The van der Waals surface area contributed by atoms with Crippen LogP contribution in [0.15, 0.2) is 36.5 Å². The lowest BCUT2D eigenvalue weighted by molar-refractivity contribution is 0.433. The van der Waals surface area contributed by atoms with Crippen molar-refractivity contribution >= 4 is 5.82 Å². The quantitative estimate of drug-likeness (QED) is 0.894. The van der Waals surface area contributed by atoms with E-state index >= 15 is 0 Å². The molecule has 1 heterocycles. The van der Waals surface area contributed by atoms with Crippen molar-refractivity contribution in [2.75, 3.05) is 5.73 Å². The zero-order chi connectivity index (χ0) is 13.0. The number of nitrogens with zero attached hydrogens (tertiary/aromatic N) is 2. The van der Waals surface area contributed by atoms with Gasteiger partial charge in [0.1, 0.15) is 11.6 Å². The summed E-state index contributed by atoms with van der Waals surface area (Å²) in [5.41, 5.74) is 6.76. The Morgan fingerprint density at radius 1 is 1.28 bits per heavy atom. The molecule has 0 aliphatic heterocycles. The van der Waals surface area contributed by atoms with Gasteiger partial charge in [0.2, 0.25) is 0 Å². The minimum absolute atomic E-state index is 0.283. The van der Waals surface area contributed by atoms with Crippen molar-refractivity contribution in [1.82, 2.24) is 9.97 Å². The van der Waals surface area contributed by atoms with Crippen molar-refractivity contribution in [1.29, 1.82) is 0 Å². The topological polar surface area (TPSA) is 61.0 Å². The standard InChI is InChI=1S/C14H17N3O/c1-3-10(2)11-6-4-5-7-12(11)18-14-16-9-8-13(15)17-14/h4-10H,3H2,1-2H3,(H2,15,16,17). The van der Waals surface area contributed by atoms with E-state index in [9.17, 15) is 0 Å². The molecule has 1 unspecified atom stereocenters. The third-order valence-electron chi connectivity index (χ3n) is 2.92. The van der Waals surface area contributed by atoms with E-state index in [-0.39, 0.29) is 6.01 Å². The molecule has 0 aliphatic rings. The highest BCUT2D eigenvalue weighted by Crippen LogP contribution is 2.30. The summed E-state index contributed by atoms with van der Waals surface area (Å²) in [5, 5.41) is 0. The van der Waals surface area contributed by atoms with Crippen molar-refractivity contribution in [3.05, 3.63) is 42.1 Å². The van der Waals surface area contributed by atoms with Crippen molar-refractivity contribution in [3.63, 3.8) is 0 Å². The van der Waals surface area contributed by atoms with E-state index in [1.54, 1.807) is 12.3 Å². The van der Waals surface area contributed by atoms with E-state index in [0.29, 0.717) is 11.7 Å². The first-order chi connectivity index (χ1) is 8.70. The molecular weight excluding hydrogens is 226 g/mol. The van der Waals surface area contributed by atoms with Crippen LogP contribution in [0.5, 0.6) is 11.8 Å². The van der Waals surface area contributed by atoms with Crippen molar-refractivity contribution in [2.24, 2.45) is 0 Å². The number of hydrogen-bond donors (Lipinski definition) is 1. The number of para-hydroxylation sites is 1. The molecule has 2 rings (SSSR count). The Labute approximate surface area is 107 Å². The van der Waals surface area contributed by atoms with Crippen molar-refractivity contribution in [3.8, 4) is 11.8 Å². The molecule has 0 bridgehead atoms. The largest absolute Gasteiger partial charge is 0.424 e. The highest BCUT2D eigenvalue weighted by molar-refractivity contribution is 5.38. The van der Waals surface area contributed by atoms with Crippen LogP contribution in [0.3, 0.4) is 0 Å². The van der Waals surface area contributed by atoms with E-state index in [1.807, 2.05) is 18.2 Å². The van der Waals surface area contributed by atoms with Crippen molar-refractivity contribution < 1.29 is 4.74 Å². The molecule has 18 heavy (non-hydrogen) atoms. The maximum atomic E-state index is 5.71. The van der Waals surface area contributed by atoms with Crippen LogP contribution in [0.4, 0.5) is 5.82 Å². The fourth-order valence-corrected chi connectivity index (χ4v) is 1.70. The van der Waals surface area contributed by atoms with Crippen LogP contribution in [0.2, 0.25) is 0 Å². The maximum Gasteiger partial charge on any atom is 0.323 e. The molecule has 0 aliphatic carbocycles. The number of nitrogens with two attached hydrogens (primary N) is 1. The summed E-state index contributed by atoms with van der Waals surface area (Å²) in [6.07, 6.45) is 2.64. The predicted octanol–water partition coefficient (Wildman–Crippen LogP) is 3.36. The molecule has 4 heteroatoms. The lowest BCUT2D eigenvalue weighted by atomic mass is 9.98.